The zero-order valence-corrected chi connectivity index (χ0v) is 16.5. The lowest BCUT2D eigenvalue weighted by Gasteiger charge is -2.33. The number of amides is 2. The van der Waals surface area contributed by atoms with E-state index in [4.69, 9.17) is 0 Å². The third kappa shape index (κ3) is 3.30. The van der Waals surface area contributed by atoms with Crippen molar-refractivity contribution >= 4 is 17.5 Å². The summed E-state index contributed by atoms with van der Waals surface area (Å²) in [5.74, 6) is -0.787. The Kier molecular flexibility index (Phi) is 4.90. The molecule has 0 saturated heterocycles. The first-order valence-corrected chi connectivity index (χ1v) is 9.69. The lowest BCUT2D eigenvalue weighted by Crippen LogP contribution is -2.43. The van der Waals surface area contributed by atoms with Gasteiger partial charge in [-0.05, 0) is 31.4 Å². The number of carbonyl (C=O) groups is 1. The highest BCUT2D eigenvalue weighted by Crippen LogP contribution is 2.40. The molecule has 1 aromatic carbocycles. The van der Waals surface area contributed by atoms with Crippen LogP contribution < -0.4 is 10.2 Å². The van der Waals surface area contributed by atoms with Crippen molar-refractivity contribution in [2.45, 2.75) is 39.7 Å². The van der Waals surface area contributed by atoms with Gasteiger partial charge in [0.15, 0.2) is 0 Å². The van der Waals surface area contributed by atoms with Gasteiger partial charge in [0.05, 0.1) is 12.2 Å². The van der Waals surface area contributed by atoms with Gasteiger partial charge in [-0.3, -0.25) is 0 Å². The number of hydrogen-bond donors (Lipinski definition) is 1. The number of nitrogens with zero attached hydrogens (tertiary/aromatic N) is 3. The summed E-state index contributed by atoms with van der Waals surface area (Å²) in [7, 11) is 0. The molecule has 29 heavy (non-hydrogen) atoms. The number of hydrogen-bond acceptors (Lipinski definition) is 3. The van der Waals surface area contributed by atoms with Gasteiger partial charge in [-0.1, -0.05) is 43.7 Å². The van der Waals surface area contributed by atoms with Gasteiger partial charge in [0.25, 0.3) is 0 Å². The molecule has 0 radical (unpaired) electrons. The highest BCUT2D eigenvalue weighted by Gasteiger charge is 2.35. The molecule has 150 valence electrons. The number of fused-ring (bicyclic) bond motifs is 1. The minimum Gasteiger partial charge on any atom is -0.333 e. The second kappa shape index (κ2) is 7.39. The molecule has 2 unspecified atom stereocenters. The molecule has 0 fully saturated rings. The van der Waals surface area contributed by atoms with E-state index in [1.165, 1.54) is 11.6 Å². The lowest BCUT2D eigenvalue weighted by molar-refractivity contribution is 0.246. The van der Waals surface area contributed by atoms with Crippen molar-refractivity contribution in [2.24, 2.45) is 5.92 Å². The Balaban J connectivity index is 1.91. The molecule has 2 aliphatic rings. The van der Waals surface area contributed by atoms with Crippen molar-refractivity contribution in [2.75, 3.05) is 4.90 Å². The Morgan fingerprint density at radius 3 is 2.66 bits per heavy atom. The minimum atomic E-state index is -0.826. The number of para-hydroxylation sites is 1. The van der Waals surface area contributed by atoms with E-state index in [9.17, 15) is 13.6 Å². The Morgan fingerprint density at radius 2 is 1.97 bits per heavy atom. The number of urea groups is 1. The van der Waals surface area contributed by atoms with Gasteiger partial charge in [-0.25, -0.2) is 28.4 Å². The van der Waals surface area contributed by atoms with Crippen LogP contribution in [0.25, 0.3) is 0 Å². The fourth-order valence-corrected chi connectivity index (χ4v) is 3.88. The fourth-order valence-electron chi connectivity index (χ4n) is 3.88. The Bertz CT molecular complexity index is 1030. The first-order chi connectivity index (χ1) is 13.9. The molecular weight excluding hydrogens is 374 g/mol. The van der Waals surface area contributed by atoms with Crippen molar-refractivity contribution < 1.29 is 13.6 Å². The predicted molar refractivity (Wildman–Crippen MR) is 107 cm³/mol. The van der Waals surface area contributed by atoms with Crippen LogP contribution in [0, 0.1) is 24.5 Å². The molecule has 1 N–H and O–H groups in total. The van der Waals surface area contributed by atoms with Crippen LogP contribution >= 0.6 is 0 Å². The fraction of sp³-hybridized carbons (Fsp3) is 0.318. The van der Waals surface area contributed by atoms with Crippen molar-refractivity contribution in [1.29, 1.82) is 0 Å². The second-order valence-corrected chi connectivity index (χ2v) is 7.36. The number of halogens is 2. The van der Waals surface area contributed by atoms with Crippen LogP contribution in [0.4, 0.5) is 25.1 Å². The van der Waals surface area contributed by atoms with Crippen LogP contribution in [0.3, 0.4) is 0 Å². The SMILES string of the molecule is CCC1=CC(c2nc(C)nc3c2CNC(=O)N3c2c(F)cccc2F)C(C)C=C1. The first kappa shape index (κ1) is 19.2. The van der Waals surface area contributed by atoms with Gasteiger partial charge < -0.3 is 5.32 Å². The Labute approximate surface area is 168 Å². The van der Waals surface area contributed by atoms with Crippen LogP contribution in [0.2, 0.25) is 0 Å². The molecule has 2 aromatic rings. The largest absolute Gasteiger partial charge is 0.333 e. The first-order valence-electron chi connectivity index (χ1n) is 9.69. The van der Waals surface area contributed by atoms with Gasteiger partial charge in [-0.2, -0.15) is 0 Å². The number of nitrogens with one attached hydrogen (secondary N) is 1. The molecule has 2 amide bonds. The maximum atomic E-state index is 14.5. The number of aryl methyl sites for hydroxylation is 1. The maximum Gasteiger partial charge on any atom is 0.328 e. The van der Waals surface area contributed by atoms with E-state index in [0.29, 0.717) is 11.4 Å². The van der Waals surface area contributed by atoms with Gasteiger partial charge in [0.1, 0.15) is 29.0 Å². The molecule has 5 nitrogen and oxygen atoms in total. The smallest absolute Gasteiger partial charge is 0.328 e. The standard InChI is InChI=1S/C22H22F2N4O/c1-4-14-9-8-12(2)15(10-14)19-16-11-25-22(29)28(21(16)27-13(3)26-19)20-17(23)6-5-7-18(20)24/h5-10,12,15H,4,11H2,1-3H3,(H,25,29). The Hall–Kier alpha value is -3.09. The van der Waals surface area contributed by atoms with E-state index < -0.39 is 23.4 Å². The molecule has 7 heteroatoms. The van der Waals surface area contributed by atoms with E-state index in [1.807, 2.05) is 0 Å². The predicted octanol–water partition coefficient (Wildman–Crippen LogP) is 5.05. The van der Waals surface area contributed by atoms with Gasteiger partial charge >= 0.3 is 6.03 Å². The van der Waals surface area contributed by atoms with E-state index in [-0.39, 0.29) is 24.2 Å². The summed E-state index contributed by atoms with van der Waals surface area (Å²) in [6.07, 6.45) is 7.33. The molecule has 0 spiro atoms. The van der Waals surface area contributed by atoms with Gasteiger partial charge in [-0.15, -0.1) is 0 Å². The molecule has 4 rings (SSSR count). The van der Waals surface area contributed by atoms with E-state index >= 15 is 0 Å². The average molecular weight is 396 g/mol. The summed E-state index contributed by atoms with van der Waals surface area (Å²) in [6, 6.07) is 2.89. The summed E-state index contributed by atoms with van der Waals surface area (Å²) < 4.78 is 29.0. The molecule has 0 saturated carbocycles. The van der Waals surface area contributed by atoms with E-state index in [2.05, 4.69) is 47.4 Å². The molecule has 1 aliphatic heterocycles. The zero-order valence-electron chi connectivity index (χ0n) is 16.5. The number of carbonyl (C=O) groups excluding carboxylic acids is 1. The molecular formula is C22H22F2N4O. The number of allylic oxidation sites excluding steroid dienone is 4. The lowest BCUT2D eigenvalue weighted by atomic mass is 9.82. The van der Waals surface area contributed by atoms with Crippen LogP contribution in [-0.4, -0.2) is 16.0 Å². The van der Waals surface area contributed by atoms with Crippen LogP contribution in [0.5, 0.6) is 0 Å². The molecule has 1 aromatic heterocycles. The van der Waals surface area contributed by atoms with Gasteiger partial charge in [0, 0.05) is 11.5 Å². The number of benzene rings is 1. The number of anilines is 2. The number of aromatic nitrogens is 2. The van der Waals surface area contributed by atoms with E-state index in [1.54, 1.807) is 6.92 Å². The summed E-state index contributed by atoms with van der Waals surface area (Å²) in [5.41, 5.74) is 2.22. The topological polar surface area (TPSA) is 58.1 Å². The van der Waals surface area contributed by atoms with Gasteiger partial charge in [0.2, 0.25) is 0 Å². The quantitative estimate of drug-likeness (QED) is 0.790. The third-order valence-corrected chi connectivity index (χ3v) is 5.42. The van der Waals surface area contributed by atoms with Crippen molar-refractivity contribution in [3.8, 4) is 0 Å². The highest BCUT2D eigenvalue weighted by atomic mass is 19.1. The molecule has 1 aliphatic carbocycles. The number of rotatable bonds is 3. The minimum absolute atomic E-state index is 0.00674. The zero-order chi connectivity index (χ0) is 20.7. The maximum absolute atomic E-state index is 14.5. The summed E-state index contributed by atoms with van der Waals surface area (Å²) in [4.78, 5) is 22.7. The van der Waals surface area contributed by atoms with Crippen LogP contribution in [-0.2, 0) is 6.54 Å². The molecule has 0 bridgehead atoms. The monoisotopic (exact) mass is 396 g/mol. The Morgan fingerprint density at radius 1 is 1.24 bits per heavy atom. The van der Waals surface area contributed by atoms with Crippen molar-refractivity contribution in [1.82, 2.24) is 15.3 Å². The average Bonchev–Trinajstić information content (AvgIpc) is 2.69. The van der Waals surface area contributed by atoms with Crippen molar-refractivity contribution in [3.05, 3.63) is 70.7 Å². The van der Waals surface area contributed by atoms with Crippen LogP contribution in [0.1, 0.15) is 43.3 Å². The summed E-state index contributed by atoms with van der Waals surface area (Å²) >= 11 is 0. The summed E-state index contributed by atoms with van der Waals surface area (Å²) in [5, 5.41) is 2.72. The van der Waals surface area contributed by atoms with Crippen LogP contribution in [0.15, 0.2) is 42.0 Å². The molecule has 2 atom stereocenters. The third-order valence-electron chi connectivity index (χ3n) is 5.42. The summed E-state index contributed by atoms with van der Waals surface area (Å²) in [6.45, 7) is 6.12. The second-order valence-electron chi connectivity index (χ2n) is 7.36. The van der Waals surface area contributed by atoms with Crippen molar-refractivity contribution in [3.63, 3.8) is 0 Å². The highest BCUT2D eigenvalue weighted by molar-refractivity contribution is 6.01. The normalized spacial score (nSPS) is 20.9. The van der Waals surface area contributed by atoms with E-state index in [0.717, 1.165) is 29.1 Å². The molecule has 2 heterocycles.